The second kappa shape index (κ2) is 41.0. The Morgan fingerprint density at radius 1 is 0.561 bits per heavy atom. The number of ether oxygens (including phenoxy) is 1. The SMILES string of the molecule is CC/C=C\C/C=C\C/C=C\C/C=C\C/C=C\CCCCCCCCCCCCCCCCCCCCCCCC(=O)OCC(O)COP(=O)([O-])OCC[N+](C)(C)C. The molecule has 0 heterocycles. The van der Waals surface area contributed by atoms with E-state index in [9.17, 15) is 19.4 Å². The molecule has 9 heteroatoms. The zero-order valence-electron chi connectivity index (χ0n) is 37.3. The summed E-state index contributed by atoms with van der Waals surface area (Å²) in [7, 11) is 1.25. The lowest BCUT2D eigenvalue weighted by atomic mass is 10.0. The highest BCUT2D eigenvalue weighted by Gasteiger charge is 2.17. The number of aliphatic hydroxyl groups is 1. The van der Waals surface area contributed by atoms with E-state index >= 15 is 0 Å². The minimum atomic E-state index is -4.50. The molecule has 0 aromatic rings. The van der Waals surface area contributed by atoms with Crippen LogP contribution in [0.25, 0.3) is 0 Å². The van der Waals surface area contributed by atoms with E-state index < -0.39 is 20.5 Å². The van der Waals surface area contributed by atoms with E-state index in [0.29, 0.717) is 17.4 Å². The average molecular weight is 822 g/mol. The molecule has 0 fully saturated rings. The number of carbonyl (C=O) groups excluding carboxylic acids is 1. The number of nitrogens with zero attached hydrogens (tertiary/aromatic N) is 1. The zero-order chi connectivity index (χ0) is 42.0. The predicted octanol–water partition coefficient (Wildman–Crippen LogP) is 12.8. The third kappa shape index (κ3) is 46.8. The molecular weight excluding hydrogens is 734 g/mol. The van der Waals surface area contributed by atoms with Crippen molar-refractivity contribution >= 4 is 13.8 Å². The summed E-state index contributed by atoms with van der Waals surface area (Å²) in [4.78, 5) is 23.7. The fraction of sp³-hybridized carbons (Fsp3) is 0.771. The van der Waals surface area contributed by atoms with Crippen molar-refractivity contribution in [3.05, 3.63) is 60.8 Å². The number of quaternary nitrogens is 1. The van der Waals surface area contributed by atoms with Crippen LogP contribution in [0.1, 0.15) is 187 Å². The first-order valence-electron chi connectivity index (χ1n) is 23.0. The van der Waals surface area contributed by atoms with Crippen LogP contribution in [0.3, 0.4) is 0 Å². The molecule has 2 unspecified atom stereocenters. The summed E-state index contributed by atoms with van der Waals surface area (Å²) in [5.41, 5.74) is 0. The van der Waals surface area contributed by atoms with Gasteiger partial charge in [0.2, 0.25) is 0 Å². The van der Waals surface area contributed by atoms with Gasteiger partial charge in [0.05, 0.1) is 27.7 Å². The molecule has 0 saturated carbocycles. The van der Waals surface area contributed by atoms with Crippen LogP contribution in [0.2, 0.25) is 0 Å². The number of hydrogen-bond donors (Lipinski definition) is 1. The number of aliphatic hydroxyl groups excluding tert-OH is 1. The molecule has 0 aromatic heterocycles. The number of allylic oxidation sites excluding steroid dienone is 10. The van der Waals surface area contributed by atoms with Gasteiger partial charge in [-0.15, -0.1) is 0 Å². The Hall–Kier alpha value is -1.80. The molecule has 2 atom stereocenters. The average Bonchev–Trinajstić information content (AvgIpc) is 3.17. The molecule has 0 radical (unpaired) electrons. The molecule has 0 rings (SSSR count). The lowest BCUT2D eigenvalue weighted by Gasteiger charge is -2.27. The van der Waals surface area contributed by atoms with E-state index in [0.717, 1.165) is 51.4 Å². The minimum Gasteiger partial charge on any atom is -0.756 e. The number of phosphoric acid groups is 1. The van der Waals surface area contributed by atoms with Gasteiger partial charge in [-0.25, -0.2) is 0 Å². The molecule has 1 N–H and O–H groups in total. The van der Waals surface area contributed by atoms with Gasteiger partial charge in [0.15, 0.2) is 0 Å². The summed E-state index contributed by atoms with van der Waals surface area (Å²) in [5.74, 6) is -0.385. The Kier molecular flexibility index (Phi) is 39.7. The van der Waals surface area contributed by atoms with E-state index in [4.69, 9.17) is 13.8 Å². The first kappa shape index (κ1) is 55.2. The van der Waals surface area contributed by atoms with Crippen molar-refractivity contribution in [3.8, 4) is 0 Å². The van der Waals surface area contributed by atoms with Crippen LogP contribution in [-0.2, 0) is 23.1 Å². The highest BCUT2D eigenvalue weighted by Crippen LogP contribution is 2.38. The highest BCUT2D eigenvalue weighted by atomic mass is 31.2. The van der Waals surface area contributed by atoms with E-state index in [1.165, 1.54) is 122 Å². The van der Waals surface area contributed by atoms with Crippen molar-refractivity contribution in [2.45, 2.75) is 193 Å². The number of carbonyl (C=O) groups is 1. The summed E-state index contributed by atoms with van der Waals surface area (Å²) in [5, 5.41) is 9.89. The van der Waals surface area contributed by atoms with Crippen LogP contribution in [0.15, 0.2) is 60.8 Å². The van der Waals surface area contributed by atoms with Crippen LogP contribution in [0.5, 0.6) is 0 Å². The van der Waals surface area contributed by atoms with Crippen LogP contribution < -0.4 is 4.89 Å². The number of phosphoric ester groups is 1. The molecule has 0 aliphatic heterocycles. The maximum absolute atomic E-state index is 11.9. The number of unbranched alkanes of at least 4 members (excludes halogenated alkanes) is 21. The molecule has 0 saturated heterocycles. The summed E-state index contributed by atoms with van der Waals surface area (Å²) in [6.45, 7) is 1.85. The van der Waals surface area contributed by atoms with Crippen molar-refractivity contribution < 1.29 is 37.6 Å². The fourth-order valence-electron chi connectivity index (χ4n) is 6.21. The molecule has 0 bridgehead atoms. The zero-order valence-corrected chi connectivity index (χ0v) is 38.2. The summed E-state index contributed by atoms with van der Waals surface area (Å²) in [6.07, 6.45) is 55.6. The van der Waals surface area contributed by atoms with Crippen molar-refractivity contribution in [1.82, 2.24) is 0 Å². The molecular formula is C48H88NO7P. The summed E-state index contributed by atoms with van der Waals surface area (Å²) < 4.78 is 26.9. The van der Waals surface area contributed by atoms with Gasteiger partial charge in [-0.05, 0) is 51.4 Å². The maximum Gasteiger partial charge on any atom is 0.305 e. The van der Waals surface area contributed by atoms with Crippen molar-refractivity contribution in [2.24, 2.45) is 0 Å². The molecule has 8 nitrogen and oxygen atoms in total. The summed E-state index contributed by atoms with van der Waals surface area (Å²) in [6, 6.07) is 0. The van der Waals surface area contributed by atoms with Gasteiger partial charge in [-0.1, -0.05) is 190 Å². The molecule has 0 aromatic carbocycles. The van der Waals surface area contributed by atoms with Crippen LogP contribution in [0, 0.1) is 0 Å². The lowest BCUT2D eigenvalue weighted by Crippen LogP contribution is -2.37. The number of likely N-dealkylation sites (N-methyl/N-ethyl adjacent to an activating group) is 1. The molecule has 57 heavy (non-hydrogen) atoms. The summed E-state index contributed by atoms with van der Waals surface area (Å²) >= 11 is 0. The smallest absolute Gasteiger partial charge is 0.305 e. The topological polar surface area (TPSA) is 105 Å². The number of hydrogen-bond acceptors (Lipinski definition) is 7. The normalized spacial score (nSPS) is 14.3. The third-order valence-corrected chi connectivity index (χ3v) is 10.7. The largest absolute Gasteiger partial charge is 0.756 e. The second-order valence-corrected chi connectivity index (χ2v) is 18.0. The van der Waals surface area contributed by atoms with Gasteiger partial charge in [0, 0.05) is 6.42 Å². The number of rotatable bonds is 42. The molecule has 0 amide bonds. The fourth-order valence-corrected chi connectivity index (χ4v) is 6.94. The molecule has 332 valence electrons. The van der Waals surface area contributed by atoms with E-state index in [1.807, 2.05) is 21.1 Å². The Morgan fingerprint density at radius 3 is 1.33 bits per heavy atom. The third-order valence-electron chi connectivity index (χ3n) is 9.78. The predicted molar refractivity (Wildman–Crippen MR) is 240 cm³/mol. The van der Waals surface area contributed by atoms with Gasteiger partial charge >= 0.3 is 5.97 Å². The first-order valence-corrected chi connectivity index (χ1v) is 24.5. The van der Waals surface area contributed by atoms with E-state index in [1.54, 1.807) is 0 Å². The minimum absolute atomic E-state index is 0.00814. The quantitative estimate of drug-likeness (QED) is 0.0215. The standard InChI is InChI=1S/C48H88NO7P/c1-5-6-7-8-9-10-11-12-13-14-15-16-17-18-19-20-21-22-23-24-25-26-27-28-29-30-31-32-33-34-35-36-37-38-39-40-41-42-48(51)54-45-47(50)46-56-57(52,53)55-44-43-49(2,3)4/h6-7,9-10,12-13,15-16,18-19,47,50H,5,8,11,14,17,20-46H2,1-4H3/b7-6-,10-9-,13-12-,16-15-,19-18-. The Morgan fingerprint density at radius 2 is 0.930 bits per heavy atom. The Balaban J connectivity index is 3.37. The second-order valence-electron chi connectivity index (χ2n) is 16.6. The van der Waals surface area contributed by atoms with Gasteiger partial charge in [-0.2, -0.15) is 0 Å². The Labute approximate surface area is 351 Å². The van der Waals surface area contributed by atoms with Crippen LogP contribution >= 0.6 is 7.82 Å². The van der Waals surface area contributed by atoms with Crippen LogP contribution in [0.4, 0.5) is 0 Å². The number of esters is 1. The van der Waals surface area contributed by atoms with Gasteiger partial charge in [-0.3, -0.25) is 9.36 Å². The van der Waals surface area contributed by atoms with Crippen molar-refractivity contribution in [2.75, 3.05) is 47.5 Å². The monoisotopic (exact) mass is 822 g/mol. The van der Waals surface area contributed by atoms with Crippen molar-refractivity contribution in [3.63, 3.8) is 0 Å². The van der Waals surface area contributed by atoms with Gasteiger partial charge in [0.1, 0.15) is 25.9 Å². The van der Waals surface area contributed by atoms with Gasteiger partial charge in [0.25, 0.3) is 7.82 Å². The van der Waals surface area contributed by atoms with Crippen molar-refractivity contribution in [1.29, 1.82) is 0 Å². The highest BCUT2D eigenvalue weighted by molar-refractivity contribution is 7.45. The van der Waals surface area contributed by atoms with Crippen LogP contribution in [-0.4, -0.2) is 69.2 Å². The molecule has 0 spiro atoms. The lowest BCUT2D eigenvalue weighted by molar-refractivity contribution is -0.870. The van der Waals surface area contributed by atoms with E-state index in [2.05, 4.69) is 67.7 Å². The van der Waals surface area contributed by atoms with Gasteiger partial charge < -0.3 is 28.3 Å². The van der Waals surface area contributed by atoms with E-state index in [-0.39, 0.29) is 19.2 Å². The maximum atomic E-state index is 11.9. The first-order chi connectivity index (χ1) is 27.6. The molecule has 0 aliphatic carbocycles. The molecule has 0 aliphatic rings. The Bertz CT molecular complexity index is 1090.